The van der Waals surface area contributed by atoms with Crippen LogP contribution in [0.1, 0.15) is 16.7 Å². The topological polar surface area (TPSA) is 70.6 Å². The molecular formula is C19H23F2N3O2S. The molecule has 0 heterocycles. The molecule has 146 valence electrons. The Hall–Kier alpha value is -2.48. The molecular weight excluding hydrogens is 372 g/mol. The summed E-state index contributed by atoms with van der Waals surface area (Å²) in [6.45, 7) is 0.669. The molecule has 0 spiro atoms. The summed E-state index contributed by atoms with van der Waals surface area (Å²) in [5, 5.41) is 6.08. The minimum Gasteiger partial charge on any atom is -0.356 e. The molecule has 0 amide bonds. The second kappa shape index (κ2) is 9.45. The molecule has 0 atom stereocenters. The molecule has 2 aromatic rings. The highest BCUT2D eigenvalue weighted by molar-refractivity contribution is 7.89. The van der Waals surface area contributed by atoms with Gasteiger partial charge in [-0.1, -0.05) is 24.3 Å². The third-order valence-corrected chi connectivity index (χ3v) is 4.74. The monoisotopic (exact) mass is 395 g/mol. The number of benzene rings is 2. The normalized spacial score (nSPS) is 12.1. The Kier molecular flexibility index (Phi) is 7.29. The SMILES string of the molecule is CN=C(NCCc1ccccc1F)NCc1cc(F)ccc1CS(C)(=O)=O. The number of nitrogens with one attached hydrogen (secondary N) is 2. The van der Waals surface area contributed by atoms with Crippen LogP contribution in [-0.2, 0) is 28.6 Å². The number of hydrogen-bond acceptors (Lipinski definition) is 3. The summed E-state index contributed by atoms with van der Waals surface area (Å²) >= 11 is 0. The van der Waals surface area contributed by atoms with Crippen molar-refractivity contribution in [2.45, 2.75) is 18.7 Å². The molecule has 0 unspecified atom stereocenters. The molecule has 0 bridgehead atoms. The molecule has 0 radical (unpaired) electrons. The van der Waals surface area contributed by atoms with E-state index in [4.69, 9.17) is 0 Å². The van der Waals surface area contributed by atoms with Gasteiger partial charge in [0, 0.05) is 26.4 Å². The maximum atomic E-state index is 13.6. The number of halogens is 2. The largest absolute Gasteiger partial charge is 0.356 e. The molecule has 0 aliphatic rings. The van der Waals surface area contributed by atoms with E-state index >= 15 is 0 Å². The average molecular weight is 395 g/mol. The average Bonchev–Trinajstić information content (AvgIpc) is 2.60. The van der Waals surface area contributed by atoms with Crippen LogP contribution in [0.5, 0.6) is 0 Å². The van der Waals surface area contributed by atoms with E-state index in [0.29, 0.717) is 35.6 Å². The molecule has 0 aliphatic heterocycles. The number of guanidine groups is 1. The molecule has 2 rings (SSSR count). The summed E-state index contributed by atoms with van der Waals surface area (Å²) in [5.74, 6) is -0.399. The van der Waals surface area contributed by atoms with Crippen LogP contribution in [0.4, 0.5) is 8.78 Å². The van der Waals surface area contributed by atoms with Gasteiger partial charge in [0.1, 0.15) is 11.6 Å². The van der Waals surface area contributed by atoms with Crippen LogP contribution >= 0.6 is 0 Å². The molecule has 0 aliphatic carbocycles. The molecule has 27 heavy (non-hydrogen) atoms. The summed E-state index contributed by atoms with van der Waals surface area (Å²) in [6, 6.07) is 10.6. The lowest BCUT2D eigenvalue weighted by atomic mass is 10.1. The Bertz CT molecular complexity index is 915. The fraction of sp³-hybridized carbons (Fsp3) is 0.316. The predicted octanol–water partition coefficient (Wildman–Crippen LogP) is 2.42. The van der Waals surface area contributed by atoms with E-state index in [2.05, 4.69) is 15.6 Å². The molecule has 8 heteroatoms. The van der Waals surface area contributed by atoms with Gasteiger partial charge in [0.05, 0.1) is 5.75 Å². The van der Waals surface area contributed by atoms with Crippen LogP contribution < -0.4 is 10.6 Å². The highest BCUT2D eigenvalue weighted by Crippen LogP contribution is 2.14. The summed E-state index contributed by atoms with van der Waals surface area (Å²) in [4.78, 5) is 4.07. The Morgan fingerprint density at radius 2 is 1.78 bits per heavy atom. The highest BCUT2D eigenvalue weighted by Gasteiger charge is 2.11. The second-order valence-corrected chi connectivity index (χ2v) is 8.32. The molecule has 0 saturated carbocycles. The predicted molar refractivity (Wildman–Crippen MR) is 103 cm³/mol. The lowest BCUT2D eigenvalue weighted by molar-refractivity contribution is 0.599. The van der Waals surface area contributed by atoms with E-state index in [1.807, 2.05) is 0 Å². The zero-order valence-corrected chi connectivity index (χ0v) is 16.1. The lowest BCUT2D eigenvalue weighted by Gasteiger charge is -2.14. The number of aliphatic imine (C=N–C) groups is 1. The highest BCUT2D eigenvalue weighted by atomic mass is 32.2. The first-order valence-electron chi connectivity index (χ1n) is 8.41. The first-order chi connectivity index (χ1) is 12.8. The molecule has 5 nitrogen and oxygen atoms in total. The van der Waals surface area contributed by atoms with Gasteiger partial charge in [-0.2, -0.15) is 0 Å². The Morgan fingerprint density at radius 1 is 1.04 bits per heavy atom. The van der Waals surface area contributed by atoms with Gasteiger partial charge in [-0.25, -0.2) is 17.2 Å². The summed E-state index contributed by atoms with van der Waals surface area (Å²) < 4.78 is 50.3. The van der Waals surface area contributed by atoms with Crippen molar-refractivity contribution < 1.29 is 17.2 Å². The van der Waals surface area contributed by atoms with Crippen LogP contribution in [0.2, 0.25) is 0 Å². The quantitative estimate of drug-likeness (QED) is 0.558. The van der Waals surface area contributed by atoms with Crippen LogP contribution in [0.15, 0.2) is 47.5 Å². The van der Waals surface area contributed by atoms with Gasteiger partial charge in [-0.3, -0.25) is 4.99 Å². The number of rotatable bonds is 7. The zero-order valence-electron chi connectivity index (χ0n) is 15.3. The fourth-order valence-corrected chi connectivity index (χ4v) is 3.45. The van der Waals surface area contributed by atoms with Crippen molar-refractivity contribution in [2.75, 3.05) is 19.8 Å². The van der Waals surface area contributed by atoms with Crippen LogP contribution in [0.3, 0.4) is 0 Å². The number of sulfone groups is 1. The third-order valence-electron chi connectivity index (χ3n) is 3.90. The van der Waals surface area contributed by atoms with Gasteiger partial charge in [-0.15, -0.1) is 0 Å². The minimum atomic E-state index is -3.24. The van der Waals surface area contributed by atoms with Gasteiger partial charge in [0.25, 0.3) is 0 Å². The van der Waals surface area contributed by atoms with Crippen molar-refractivity contribution in [3.05, 3.63) is 70.8 Å². The van der Waals surface area contributed by atoms with E-state index in [1.165, 1.54) is 24.3 Å². The smallest absolute Gasteiger partial charge is 0.191 e. The van der Waals surface area contributed by atoms with Crippen LogP contribution in [-0.4, -0.2) is 34.2 Å². The fourth-order valence-electron chi connectivity index (χ4n) is 2.60. The molecule has 2 N–H and O–H groups in total. The Labute approximate surface area is 158 Å². The van der Waals surface area contributed by atoms with E-state index in [1.54, 1.807) is 25.2 Å². The zero-order chi connectivity index (χ0) is 19.9. The Balaban J connectivity index is 1.96. The third kappa shape index (κ3) is 6.97. The maximum absolute atomic E-state index is 13.6. The summed E-state index contributed by atoms with van der Waals surface area (Å²) in [5.41, 5.74) is 1.67. The Morgan fingerprint density at radius 3 is 2.44 bits per heavy atom. The maximum Gasteiger partial charge on any atom is 0.191 e. The van der Waals surface area contributed by atoms with Crippen molar-refractivity contribution in [1.82, 2.24) is 10.6 Å². The first kappa shape index (κ1) is 20.8. The van der Waals surface area contributed by atoms with Crippen molar-refractivity contribution >= 4 is 15.8 Å². The molecule has 0 fully saturated rings. The van der Waals surface area contributed by atoms with Crippen molar-refractivity contribution in [1.29, 1.82) is 0 Å². The first-order valence-corrected chi connectivity index (χ1v) is 10.5. The summed E-state index contributed by atoms with van der Waals surface area (Å²) in [6.07, 6.45) is 1.61. The van der Waals surface area contributed by atoms with Crippen LogP contribution in [0.25, 0.3) is 0 Å². The van der Waals surface area contributed by atoms with E-state index < -0.39 is 15.7 Å². The van der Waals surface area contributed by atoms with Gasteiger partial charge in [0.15, 0.2) is 15.8 Å². The second-order valence-electron chi connectivity index (χ2n) is 6.18. The molecule has 0 saturated heterocycles. The summed E-state index contributed by atoms with van der Waals surface area (Å²) in [7, 11) is -1.65. The number of hydrogen-bond donors (Lipinski definition) is 2. The molecule has 0 aromatic heterocycles. The van der Waals surface area contributed by atoms with Crippen LogP contribution in [0, 0.1) is 11.6 Å². The van der Waals surface area contributed by atoms with E-state index in [0.717, 1.165) is 6.26 Å². The minimum absolute atomic E-state index is 0.163. The van der Waals surface area contributed by atoms with Crippen molar-refractivity contribution in [3.63, 3.8) is 0 Å². The van der Waals surface area contributed by atoms with Gasteiger partial charge >= 0.3 is 0 Å². The van der Waals surface area contributed by atoms with Crippen molar-refractivity contribution in [2.24, 2.45) is 4.99 Å². The van der Waals surface area contributed by atoms with Gasteiger partial charge in [-0.05, 0) is 41.3 Å². The van der Waals surface area contributed by atoms with Gasteiger partial charge < -0.3 is 10.6 Å². The number of nitrogens with zero attached hydrogens (tertiary/aromatic N) is 1. The standard InChI is InChI=1S/C19H23F2N3O2S/c1-22-19(23-10-9-14-5-3-4-6-18(14)21)24-12-16-11-17(20)8-7-15(16)13-27(2,25)26/h3-8,11H,9-10,12-13H2,1-2H3,(H2,22,23,24). The van der Waals surface area contributed by atoms with Gasteiger partial charge in [0.2, 0.25) is 0 Å². The molecule has 2 aromatic carbocycles. The van der Waals surface area contributed by atoms with Crippen molar-refractivity contribution in [3.8, 4) is 0 Å². The van der Waals surface area contributed by atoms with E-state index in [9.17, 15) is 17.2 Å². The van der Waals surface area contributed by atoms with E-state index in [-0.39, 0.29) is 18.1 Å². The lowest BCUT2D eigenvalue weighted by Crippen LogP contribution is -2.38.